The minimum atomic E-state index is -0.440. The highest BCUT2D eigenvalue weighted by molar-refractivity contribution is 5.92. The summed E-state index contributed by atoms with van der Waals surface area (Å²) in [6, 6.07) is 11.1. The van der Waals surface area contributed by atoms with Crippen LogP contribution in [0, 0.1) is 0 Å². The normalized spacial score (nSPS) is 10.1. The Morgan fingerprint density at radius 2 is 2.17 bits per heavy atom. The maximum atomic E-state index is 11.1. The lowest BCUT2D eigenvalue weighted by Crippen LogP contribution is -2.11. The van der Waals surface area contributed by atoms with E-state index in [4.69, 9.17) is 10.5 Å². The molecular formula is C14H14N2O2. The number of amides is 1. The fraction of sp³-hybridized carbons (Fsp3) is 0.143. The van der Waals surface area contributed by atoms with E-state index in [9.17, 15) is 4.79 Å². The van der Waals surface area contributed by atoms with Crippen LogP contribution >= 0.6 is 0 Å². The van der Waals surface area contributed by atoms with Crippen molar-refractivity contribution in [2.45, 2.75) is 6.42 Å². The average molecular weight is 242 g/mol. The molecule has 0 aliphatic rings. The highest BCUT2D eigenvalue weighted by atomic mass is 16.5. The third-order valence-electron chi connectivity index (χ3n) is 2.62. The van der Waals surface area contributed by atoms with Gasteiger partial charge in [-0.15, -0.1) is 0 Å². The predicted molar refractivity (Wildman–Crippen MR) is 68.6 cm³/mol. The Labute approximate surface area is 105 Å². The van der Waals surface area contributed by atoms with Gasteiger partial charge in [-0.25, -0.2) is 0 Å². The first-order valence-electron chi connectivity index (χ1n) is 5.56. The molecule has 1 amide bonds. The maximum Gasteiger partial charge on any atom is 0.248 e. The molecule has 0 radical (unpaired) electrons. The minimum Gasteiger partial charge on any atom is -0.497 e. The summed E-state index contributed by atoms with van der Waals surface area (Å²) in [7, 11) is 1.63. The molecule has 0 fully saturated rings. The van der Waals surface area contributed by atoms with E-state index in [-0.39, 0.29) is 0 Å². The van der Waals surface area contributed by atoms with Gasteiger partial charge in [0.05, 0.1) is 7.11 Å². The van der Waals surface area contributed by atoms with Crippen LogP contribution in [0.3, 0.4) is 0 Å². The first-order chi connectivity index (χ1) is 8.69. The molecule has 2 N–H and O–H groups in total. The molecule has 1 heterocycles. The number of primary amides is 1. The minimum absolute atomic E-state index is 0.440. The Morgan fingerprint density at radius 3 is 2.89 bits per heavy atom. The number of rotatable bonds is 4. The number of nitrogens with zero attached hydrogens (tertiary/aromatic N) is 1. The third kappa shape index (κ3) is 2.85. The number of carbonyl (C=O) groups excluding carboxylic acids is 1. The largest absolute Gasteiger partial charge is 0.497 e. The van der Waals surface area contributed by atoms with Gasteiger partial charge in [0.1, 0.15) is 5.75 Å². The molecule has 0 spiro atoms. The fourth-order valence-electron chi connectivity index (χ4n) is 1.72. The lowest BCUT2D eigenvalue weighted by atomic mass is 10.1. The van der Waals surface area contributed by atoms with Gasteiger partial charge in [0.2, 0.25) is 5.91 Å². The van der Waals surface area contributed by atoms with Gasteiger partial charge in [0.25, 0.3) is 0 Å². The van der Waals surface area contributed by atoms with Gasteiger partial charge in [-0.1, -0.05) is 12.1 Å². The third-order valence-corrected chi connectivity index (χ3v) is 2.62. The monoisotopic (exact) mass is 242 g/mol. The Balaban J connectivity index is 2.22. The summed E-state index contributed by atoms with van der Waals surface area (Å²) < 4.78 is 5.16. The SMILES string of the molecule is COc1cccc(Cc2cc(C(N)=O)ccn2)c1. The van der Waals surface area contributed by atoms with Gasteiger partial charge >= 0.3 is 0 Å². The number of nitrogens with two attached hydrogens (primary N) is 1. The summed E-state index contributed by atoms with van der Waals surface area (Å²) in [6.45, 7) is 0. The molecule has 18 heavy (non-hydrogen) atoms. The number of ether oxygens (including phenoxy) is 1. The average Bonchev–Trinajstić information content (AvgIpc) is 2.39. The number of benzene rings is 1. The van der Waals surface area contributed by atoms with E-state index < -0.39 is 5.91 Å². The number of methoxy groups -OCH3 is 1. The molecule has 2 aromatic rings. The highest BCUT2D eigenvalue weighted by Crippen LogP contribution is 2.15. The summed E-state index contributed by atoms with van der Waals surface area (Å²) in [6.07, 6.45) is 2.23. The van der Waals surface area contributed by atoms with Gasteiger partial charge < -0.3 is 10.5 Å². The van der Waals surface area contributed by atoms with Crippen LogP contribution in [-0.2, 0) is 6.42 Å². The Bertz CT molecular complexity index is 567. The van der Waals surface area contributed by atoms with Crippen LogP contribution in [0.2, 0.25) is 0 Å². The van der Waals surface area contributed by atoms with E-state index >= 15 is 0 Å². The van der Waals surface area contributed by atoms with Crippen LogP contribution in [-0.4, -0.2) is 18.0 Å². The zero-order valence-electron chi connectivity index (χ0n) is 10.1. The molecule has 4 nitrogen and oxygen atoms in total. The van der Waals surface area contributed by atoms with Crippen LogP contribution in [0.5, 0.6) is 5.75 Å². The number of aromatic nitrogens is 1. The first kappa shape index (κ1) is 12.1. The standard InChI is InChI=1S/C14H14N2O2/c1-18-13-4-2-3-10(8-13)7-12-9-11(14(15)17)5-6-16-12/h2-6,8-9H,7H2,1H3,(H2,15,17). The van der Waals surface area contributed by atoms with Gasteiger partial charge in [-0.05, 0) is 29.8 Å². The van der Waals surface area contributed by atoms with Crippen molar-refractivity contribution in [3.8, 4) is 5.75 Å². The van der Waals surface area contributed by atoms with Crippen molar-refractivity contribution in [1.82, 2.24) is 4.98 Å². The van der Waals surface area contributed by atoms with Gasteiger partial charge in [-0.3, -0.25) is 9.78 Å². The van der Waals surface area contributed by atoms with Gasteiger partial charge in [-0.2, -0.15) is 0 Å². The molecule has 4 heteroatoms. The van der Waals surface area contributed by atoms with Crippen molar-refractivity contribution in [3.63, 3.8) is 0 Å². The molecule has 0 unspecified atom stereocenters. The lowest BCUT2D eigenvalue weighted by Gasteiger charge is -2.05. The van der Waals surface area contributed by atoms with Gasteiger partial charge in [0.15, 0.2) is 0 Å². The summed E-state index contributed by atoms with van der Waals surface area (Å²) in [4.78, 5) is 15.3. The summed E-state index contributed by atoms with van der Waals surface area (Å²) in [5, 5.41) is 0. The van der Waals surface area contributed by atoms with E-state index in [2.05, 4.69) is 4.98 Å². The molecule has 0 aliphatic heterocycles. The van der Waals surface area contributed by atoms with Crippen LogP contribution in [0.15, 0.2) is 42.6 Å². The van der Waals surface area contributed by atoms with Crippen molar-refractivity contribution < 1.29 is 9.53 Å². The molecule has 2 rings (SSSR count). The molecule has 0 saturated carbocycles. The Morgan fingerprint density at radius 1 is 1.33 bits per heavy atom. The molecular weight excluding hydrogens is 228 g/mol. The number of hydrogen-bond acceptors (Lipinski definition) is 3. The van der Waals surface area contributed by atoms with Gasteiger partial charge in [0, 0.05) is 23.9 Å². The van der Waals surface area contributed by atoms with E-state index in [1.807, 2.05) is 24.3 Å². The second-order valence-electron chi connectivity index (χ2n) is 3.93. The lowest BCUT2D eigenvalue weighted by molar-refractivity contribution is 0.1000. The highest BCUT2D eigenvalue weighted by Gasteiger charge is 2.04. The smallest absolute Gasteiger partial charge is 0.248 e. The number of pyridine rings is 1. The summed E-state index contributed by atoms with van der Waals surface area (Å²) in [5.74, 6) is 0.364. The number of carbonyl (C=O) groups is 1. The summed E-state index contributed by atoms with van der Waals surface area (Å²) in [5.41, 5.74) is 7.59. The Hall–Kier alpha value is -2.36. The van der Waals surface area contributed by atoms with Crippen LogP contribution < -0.4 is 10.5 Å². The van der Waals surface area contributed by atoms with Crippen LogP contribution in [0.4, 0.5) is 0 Å². The van der Waals surface area contributed by atoms with Crippen molar-refractivity contribution in [3.05, 3.63) is 59.4 Å². The second kappa shape index (κ2) is 5.31. The molecule has 1 aromatic heterocycles. The maximum absolute atomic E-state index is 11.1. The van der Waals surface area contributed by atoms with Crippen molar-refractivity contribution in [2.75, 3.05) is 7.11 Å². The zero-order chi connectivity index (χ0) is 13.0. The predicted octanol–water partition coefficient (Wildman–Crippen LogP) is 1.78. The topological polar surface area (TPSA) is 65.2 Å². The molecule has 0 bridgehead atoms. The summed E-state index contributed by atoms with van der Waals surface area (Å²) >= 11 is 0. The fourth-order valence-corrected chi connectivity index (χ4v) is 1.72. The Kier molecular flexibility index (Phi) is 3.57. The second-order valence-corrected chi connectivity index (χ2v) is 3.93. The molecule has 92 valence electrons. The molecule has 0 saturated heterocycles. The quantitative estimate of drug-likeness (QED) is 0.888. The van der Waals surface area contributed by atoms with E-state index in [1.54, 1.807) is 25.4 Å². The molecule has 1 aromatic carbocycles. The number of hydrogen-bond donors (Lipinski definition) is 1. The van der Waals surface area contributed by atoms with E-state index in [0.717, 1.165) is 17.0 Å². The molecule has 0 aliphatic carbocycles. The molecule has 0 atom stereocenters. The van der Waals surface area contributed by atoms with E-state index in [1.165, 1.54) is 0 Å². The van der Waals surface area contributed by atoms with Crippen LogP contribution in [0.1, 0.15) is 21.6 Å². The van der Waals surface area contributed by atoms with E-state index in [0.29, 0.717) is 12.0 Å². The first-order valence-corrected chi connectivity index (χ1v) is 5.56. The van der Waals surface area contributed by atoms with Crippen molar-refractivity contribution in [2.24, 2.45) is 5.73 Å². The van der Waals surface area contributed by atoms with Crippen molar-refractivity contribution in [1.29, 1.82) is 0 Å². The van der Waals surface area contributed by atoms with Crippen molar-refractivity contribution >= 4 is 5.91 Å². The van der Waals surface area contributed by atoms with Crippen LogP contribution in [0.25, 0.3) is 0 Å². The zero-order valence-corrected chi connectivity index (χ0v) is 10.1.